The van der Waals surface area contributed by atoms with Crippen LogP contribution in [0.2, 0.25) is 0 Å². The minimum Gasteiger partial charge on any atom is -0.363 e. The Bertz CT molecular complexity index is 740. The number of benzene rings is 1. The molecular formula is C15H17ClN2O2S. The third kappa shape index (κ3) is 2.86. The number of sulfonamides is 1. The van der Waals surface area contributed by atoms with Gasteiger partial charge < -0.3 is 4.98 Å². The summed E-state index contributed by atoms with van der Waals surface area (Å²) < 4.78 is 27.0. The van der Waals surface area contributed by atoms with Crippen molar-refractivity contribution in [3.8, 4) is 0 Å². The highest BCUT2D eigenvalue weighted by Gasteiger charge is 2.27. The van der Waals surface area contributed by atoms with Gasteiger partial charge in [0.25, 0.3) is 0 Å². The topological polar surface area (TPSA) is 53.2 Å². The quantitative estimate of drug-likeness (QED) is 0.883. The molecule has 1 aliphatic rings. The molecule has 0 bridgehead atoms. The van der Waals surface area contributed by atoms with Crippen molar-refractivity contribution in [1.82, 2.24) is 9.29 Å². The molecule has 4 nitrogen and oxygen atoms in total. The van der Waals surface area contributed by atoms with Crippen molar-refractivity contribution < 1.29 is 8.42 Å². The van der Waals surface area contributed by atoms with Gasteiger partial charge in [0.05, 0.1) is 10.8 Å². The lowest BCUT2D eigenvalue weighted by Crippen LogP contribution is -2.30. The second-order valence-corrected chi connectivity index (χ2v) is 7.41. The van der Waals surface area contributed by atoms with Gasteiger partial charge in [-0.05, 0) is 30.0 Å². The maximum absolute atomic E-state index is 12.7. The maximum atomic E-state index is 12.7. The Hall–Kier alpha value is -1.30. The molecule has 2 aromatic rings. The van der Waals surface area contributed by atoms with E-state index in [0.717, 1.165) is 18.4 Å². The summed E-state index contributed by atoms with van der Waals surface area (Å²) in [7, 11) is -3.47. The molecule has 3 rings (SSSR count). The number of aromatic amines is 1. The molecule has 0 saturated heterocycles. The van der Waals surface area contributed by atoms with E-state index in [1.54, 1.807) is 10.4 Å². The highest BCUT2D eigenvalue weighted by molar-refractivity contribution is 7.89. The lowest BCUT2D eigenvalue weighted by Gasteiger charge is -2.19. The van der Waals surface area contributed by atoms with Gasteiger partial charge in [0, 0.05) is 25.0 Å². The number of aryl methyl sites for hydroxylation is 1. The third-order valence-electron chi connectivity index (χ3n) is 3.82. The molecule has 0 radical (unpaired) electrons. The van der Waals surface area contributed by atoms with Crippen LogP contribution in [0, 0.1) is 0 Å². The number of rotatable bonds is 3. The Morgan fingerprint density at radius 1 is 1.24 bits per heavy atom. The molecule has 1 aromatic heterocycles. The monoisotopic (exact) mass is 324 g/mol. The van der Waals surface area contributed by atoms with Crippen molar-refractivity contribution in [1.29, 1.82) is 0 Å². The standard InChI is InChI=1S/C15H17ClN2O2S/c16-9-14-8-15(10-17-14)21(19,20)18-7-3-6-12-4-1-2-5-13(12)11-18/h1-2,4-5,8,10,17H,3,6-7,9,11H2. The predicted octanol–water partition coefficient (Wildman–Crippen LogP) is 2.89. The second kappa shape index (κ2) is 5.83. The van der Waals surface area contributed by atoms with Crippen molar-refractivity contribution in [2.45, 2.75) is 30.2 Å². The minimum atomic E-state index is -3.47. The van der Waals surface area contributed by atoms with E-state index in [2.05, 4.69) is 11.1 Å². The first-order chi connectivity index (χ1) is 10.1. The summed E-state index contributed by atoms with van der Waals surface area (Å²) in [6.45, 7) is 0.971. The van der Waals surface area contributed by atoms with Crippen molar-refractivity contribution in [2.24, 2.45) is 0 Å². The smallest absolute Gasteiger partial charge is 0.244 e. The average Bonchev–Trinajstić information content (AvgIpc) is 2.87. The van der Waals surface area contributed by atoms with Gasteiger partial charge in [0.15, 0.2) is 0 Å². The number of nitrogens with one attached hydrogen (secondary N) is 1. The summed E-state index contributed by atoms with van der Waals surface area (Å²) in [4.78, 5) is 3.19. The molecule has 0 unspecified atom stereocenters. The summed E-state index contributed by atoms with van der Waals surface area (Å²) in [5.74, 6) is 0.276. The van der Waals surface area contributed by atoms with Crippen LogP contribution in [0.1, 0.15) is 23.2 Å². The molecule has 112 valence electrons. The largest absolute Gasteiger partial charge is 0.363 e. The van der Waals surface area contributed by atoms with E-state index in [0.29, 0.717) is 18.8 Å². The molecule has 2 heterocycles. The molecule has 1 aromatic carbocycles. The maximum Gasteiger partial charge on any atom is 0.244 e. The number of nitrogens with zero attached hydrogens (tertiary/aromatic N) is 1. The lowest BCUT2D eigenvalue weighted by atomic mass is 10.0. The van der Waals surface area contributed by atoms with Gasteiger partial charge in [-0.1, -0.05) is 24.3 Å². The van der Waals surface area contributed by atoms with Crippen LogP contribution in [0.4, 0.5) is 0 Å². The Morgan fingerprint density at radius 3 is 2.71 bits per heavy atom. The summed E-state index contributed by atoms with van der Waals surface area (Å²) >= 11 is 5.73. The Morgan fingerprint density at radius 2 is 2.00 bits per heavy atom. The van der Waals surface area contributed by atoms with E-state index in [1.165, 1.54) is 11.8 Å². The number of H-pyrrole nitrogens is 1. The van der Waals surface area contributed by atoms with Gasteiger partial charge in [-0.25, -0.2) is 8.42 Å². The minimum absolute atomic E-state index is 0.276. The van der Waals surface area contributed by atoms with Crippen LogP contribution in [-0.4, -0.2) is 24.3 Å². The fourth-order valence-corrected chi connectivity index (χ4v) is 4.30. The molecule has 0 saturated carbocycles. The number of halogens is 1. The molecular weight excluding hydrogens is 308 g/mol. The molecule has 21 heavy (non-hydrogen) atoms. The second-order valence-electron chi connectivity index (χ2n) is 5.21. The highest BCUT2D eigenvalue weighted by Crippen LogP contribution is 2.25. The number of hydrogen-bond donors (Lipinski definition) is 1. The van der Waals surface area contributed by atoms with Crippen LogP contribution < -0.4 is 0 Å². The normalized spacial score (nSPS) is 16.4. The zero-order chi connectivity index (χ0) is 14.9. The number of hydrogen-bond acceptors (Lipinski definition) is 2. The zero-order valence-electron chi connectivity index (χ0n) is 11.5. The highest BCUT2D eigenvalue weighted by atomic mass is 35.5. The van der Waals surface area contributed by atoms with Gasteiger partial charge in [-0.3, -0.25) is 0 Å². The first kappa shape index (κ1) is 14.6. The van der Waals surface area contributed by atoms with Crippen LogP contribution in [0.5, 0.6) is 0 Å². The van der Waals surface area contributed by atoms with Crippen molar-refractivity contribution >= 4 is 21.6 Å². The Labute approximate surface area is 129 Å². The first-order valence-electron chi connectivity index (χ1n) is 6.91. The third-order valence-corrected chi connectivity index (χ3v) is 5.93. The number of aromatic nitrogens is 1. The number of fused-ring (bicyclic) bond motifs is 1. The van der Waals surface area contributed by atoms with Crippen LogP contribution in [0.3, 0.4) is 0 Å². The van der Waals surface area contributed by atoms with E-state index >= 15 is 0 Å². The van der Waals surface area contributed by atoms with E-state index in [1.807, 2.05) is 18.2 Å². The Balaban J connectivity index is 1.92. The van der Waals surface area contributed by atoms with Gasteiger partial charge in [-0.15, -0.1) is 11.6 Å². The van der Waals surface area contributed by atoms with Crippen LogP contribution in [0.25, 0.3) is 0 Å². The Kier molecular flexibility index (Phi) is 4.06. The van der Waals surface area contributed by atoms with Crippen LogP contribution in [0.15, 0.2) is 41.4 Å². The van der Waals surface area contributed by atoms with Gasteiger partial charge in [0.2, 0.25) is 10.0 Å². The van der Waals surface area contributed by atoms with Crippen molar-refractivity contribution in [2.75, 3.05) is 6.54 Å². The van der Waals surface area contributed by atoms with Gasteiger partial charge >= 0.3 is 0 Å². The fraction of sp³-hybridized carbons (Fsp3) is 0.333. The SMILES string of the molecule is O=S(=O)(c1c[nH]c(CCl)c1)N1CCCc2ccccc2C1. The van der Waals surface area contributed by atoms with Crippen LogP contribution in [-0.2, 0) is 28.9 Å². The van der Waals surface area contributed by atoms with E-state index < -0.39 is 10.0 Å². The average molecular weight is 325 g/mol. The molecule has 0 fully saturated rings. The summed E-state index contributed by atoms with van der Waals surface area (Å²) in [5.41, 5.74) is 3.04. The van der Waals surface area contributed by atoms with E-state index in [4.69, 9.17) is 11.6 Å². The molecule has 6 heteroatoms. The first-order valence-corrected chi connectivity index (χ1v) is 8.89. The molecule has 0 spiro atoms. The molecule has 0 aliphatic carbocycles. The molecule has 1 N–H and O–H groups in total. The fourth-order valence-electron chi connectivity index (χ4n) is 2.67. The molecule has 1 aliphatic heterocycles. The molecule has 0 amide bonds. The summed E-state index contributed by atoms with van der Waals surface area (Å²) in [6.07, 6.45) is 3.27. The summed E-state index contributed by atoms with van der Waals surface area (Å²) in [5, 5.41) is 0. The van der Waals surface area contributed by atoms with E-state index in [-0.39, 0.29) is 10.8 Å². The van der Waals surface area contributed by atoms with Crippen molar-refractivity contribution in [3.05, 3.63) is 53.3 Å². The number of alkyl halides is 1. The molecule has 0 atom stereocenters. The predicted molar refractivity (Wildman–Crippen MR) is 82.7 cm³/mol. The van der Waals surface area contributed by atoms with Crippen LogP contribution >= 0.6 is 11.6 Å². The lowest BCUT2D eigenvalue weighted by molar-refractivity contribution is 0.410. The van der Waals surface area contributed by atoms with Crippen molar-refractivity contribution in [3.63, 3.8) is 0 Å². The van der Waals surface area contributed by atoms with E-state index in [9.17, 15) is 8.42 Å². The van der Waals surface area contributed by atoms with Gasteiger partial charge in [-0.2, -0.15) is 4.31 Å². The zero-order valence-corrected chi connectivity index (χ0v) is 13.1. The van der Waals surface area contributed by atoms with Gasteiger partial charge in [0.1, 0.15) is 0 Å². The summed E-state index contributed by atoms with van der Waals surface area (Å²) in [6, 6.07) is 9.65.